The Hall–Kier alpha value is -2.47. The van der Waals surface area contributed by atoms with Crippen molar-refractivity contribution in [1.29, 1.82) is 0 Å². The normalized spacial score (nSPS) is 10.2. The van der Waals surface area contributed by atoms with Crippen molar-refractivity contribution in [3.63, 3.8) is 0 Å². The number of pyridine rings is 1. The summed E-state index contributed by atoms with van der Waals surface area (Å²) in [5.74, 6) is -2.43. The molecule has 5 nitrogen and oxygen atoms in total. The molecule has 2 rings (SSSR count). The highest BCUT2D eigenvalue weighted by Gasteiger charge is 2.16. The summed E-state index contributed by atoms with van der Waals surface area (Å²) >= 11 is 5.79. The number of benzene rings is 1. The van der Waals surface area contributed by atoms with E-state index in [9.17, 15) is 14.0 Å². The number of aliphatic carboxylic acids is 1. The number of nitrogens with one attached hydrogen (secondary N) is 1. The molecule has 1 heterocycles. The van der Waals surface area contributed by atoms with Crippen LogP contribution in [0.4, 0.5) is 10.1 Å². The van der Waals surface area contributed by atoms with Crippen LogP contribution in [0.1, 0.15) is 16.1 Å². The molecule has 0 aliphatic heterocycles. The van der Waals surface area contributed by atoms with Gasteiger partial charge in [0.2, 0.25) is 0 Å². The quantitative estimate of drug-likeness (QED) is 0.910. The predicted octanol–water partition coefficient (Wildman–Crippen LogP) is 2.75. The van der Waals surface area contributed by atoms with Gasteiger partial charge in [-0.05, 0) is 24.3 Å². The zero-order valence-electron chi connectivity index (χ0n) is 10.6. The maximum Gasteiger partial charge on any atom is 0.309 e. The molecule has 0 unspecified atom stereocenters. The van der Waals surface area contributed by atoms with Crippen molar-refractivity contribution in [1.82, 2.24) is 4.98 Å². The van der Waals surface area contributed by atoms with Crippen molar-refractivity contribution in [3.05, 3.63) is 58.6 Å². The van der Waals surface area contributed by atoms with Gasteiger partial charge < -0.3 is 10.4 Å². The van der Waals surface area contributed by atoms with Crippen LogP contribution < -0.4 is 5.32 Å². The van der Waals surface area contributed by atoms with Crippen molar-refractivity contribution in [2.75, 3.05) is 5.32 Å². The summed E-state index contributed by atoms with van der Waals surface area (Å²) in [5.41, 5.74) is 0.409. The van der Waals surface area contributed by atoms with E-state index in [-0.39, 0.29) is 17.0 Å². The van der Waals surface area contributed by atoms with Crippen LogP contribution in [0.25, 0.3) is 0 Å². The maximum absolute atomic E-state index is 13.6. The first kappa shape index (κ1) is 14.9. The number of carboxylic acid groups (broad SMARTS) is 1. The van der Waals surface area contributed by atoms with Crippen LogP contribution in [-0.2, 0) is 11.2 Å². The summed E-state index contributed by atoms with van der Waals surface area (Å²) < 4.78 is 13.6. The first-order valence-corrected chi connectivity index (χ1v) is 6.27. The van der Waals surface area contributed by atoms with Crippen LogP contribution in [0.5, 0.6) is 0 Å². The highest BCUT2D eigenvalue weighted by Crippen LogP contribution is 2.20. The standard InChI is InChI=1S/C14H10ClFN2O3/c15-10-2-1-3-11(16)13(10)14(21)18-9-5-4-8(17-7-9)6-12(19)20/h1-5,7H,6H2,(H,18,21)(H,19,20). The van der Waals surface area contributed by atoms with E-state index in [1.807, 2.05) is 0 Å². The van der Waals surface area contributed by atoms with Gasteiger partial charge in [0.15, 0.2) is 0 Å². The maximum atomic E-state index is 13.6. The van der Waals surface area contributed by atoms with Crippen LogP contribution in [0.2, 0.25) is 5.02 Å². The van der Waals surface area contributed by atoms with E-state index in [4.69, 9.17) is 16.7 Å². The SMILES string of the molecule is O=C(O)Cc1ccc(NC(=O)c2c(F)cccc2Cl)cn1. The number of anilines is 1. The second-order valence-electron chi connectivity index (χ2n) is 4.16. The molecular formula is C14H10ClFN2O3. The van der Waals surface area contributed by atoms with Gasteiger partial charge in [-0.1, -0.05) is 17.7 Å². The largest absolute Gasteiger partial charge is 0.481 e. The summed E-state index contributed by atoms with van der Waals surface area (Å²) in [6.07, 6.45) is 1.08. The second kappa shape index (κ2) is 6.32. The molecule has 0 spiro atoms. The summed E-state index contributed by atoms with van der Waals surface area (Å²) in [4.78, 5) is 26.4. The molecule has 1 amide bonds. The van der Waals surface area contributed by atoms with Crippen LogP contribution in [0, 0.1) is 5.82 Å². The van der Waals surface area contributed by atoms with E-state index >= 15 is 0 Å². The molecule has 7 heteroatoms. The summed E-state index contributed by atoms with van der Waals surface area (Å²) in [5, 5.41) is 11.1. The third-order valence-corrected chi connectivity index (χ3v) is 2.92. The fraction of sp³-hybridized carbons (Fsp3) is 0.0714. The summed E-state index contributed by atoms with van der Waals surface area (Å²) in [7, 11) is 0. The summed E-state index contributed by atoms with van der Waals surface area (Å²) in [6.45, 7) is 0. The number of carbonyl (C=O) groups excluding carboxylic acids is 1. The van der Waals surface area contributed by atoms with E-state index in [1.54, 1.807) is 0 Å². The lowest BCUT2D eigenvalue weighted by Crippen LogP contribution is -2.14. The Labute approximate surface area is 124 Å². The molecular weight excluding hydrogens is 299 g/mol. The van der Waals surface area contributed by atoms with E-state index < -0.39 is 17.7 Å². The summed E-state index contributed by atoms with van der Waals surface area (Å²) in [6, 6.07) is 6.89. The Morgan fingerprint density at radius 2 is 2.05 bits per heavy atom. The van der Waals surface area contributed by atoms with Gasteiger partial charge in [0.25, 0.3) is 5.91 Å². The number of amides is 1. The smallest absolute Gasteiger partial charge is 0.309 e. The second-order valence-corrected chi connectivity index (χ2v) is 4.57. The molecule has 108 valence electrons. The Morgan fingerprint density at radius 1 is 1.29 bits per heavy atom. The average molecular weight is 309 g/mol. The molecule has 0 aliphatic carbocycles. The van der Waals surface area contributed by atoms with Crippen molar-refractivity contribution < 1.29 is 19.1 Å². The van der Waals surface area contributed by atoms with Crippen LogP contribution >= 0.6 is 11.6 Å². The number of aromatic nitrogens is 1. The molecule has 0 fully saturated rings. The predicted molar refractivity (Wildman–Crippen MR) is 74.9 cm³/mol. The van der Waals surface area contributed by atoms with Crippen LogP contribution in [-0.4, -0.2) is 22.0 Å². The molecule has 0 saturated heterocycles. The molecule has 2 N–H and O–H groups in total. The fourth-order valence-corrected chi connectivity index (χ4v) is 1.92. The fourth-order valence-electron chi connectivity index (χ4n) is 1.67. The molecule has 1 aromatic heterocycles. The number of nitrogens with zero attached hydrogens (tertiary/aromatic N) is 1. The highest BCUT2D eigenvalue weighted by atomic mass is 35.5. The number of carboxylic acids is 1. The third kappa shape index (κ3) is 3.76. The molecule has 0 atom stereocenters. The monoisotopic (exact) mass is 308 g/mol. The number of halogens is 2. The Kier molecular flexibility index (Phi) is 4.49. The van der Waals surface area contributed by atoms with Gasteiger partial charge in [0, 0.05) is 0 Å². The Balaban J connectivity index is 2.14. The van der Waals surface area contributed by atoms with Gasteiger partial charge in [0.1, 0.15) is 5.82 Å². The van der Waals surface area contributed by atoms with Crippen LogP contribution in [0.15, 0.2) is 36.5 Å². The van der Waals surface area contributed by atoms with Gasteiger partial charge in [-0.25, -0.2) is 4.39 Å². The molecule has 2 aromatic rings. The van der Waals surface area contributed by atoms with Gasteiger partial charge in [0.05, 0.1) is 34.6 Å². The van der Waals surface area contributed by atoms with Crippen molar-refractivity contribution in [2.24, 2.45) is 0 Å². The van der Waals surface area contributed by atoms with Crippen molar-refractivity contribution in [2.45, 2.75) is 6.42 Å². The minimum absolute atomic E-state index is 0.00274. The lowest BCUT2D eigenvalue weighted by molar-refractivity contribution is -0.136. The number of hydrogen-bond acceptors (Lipinski definition) is 3. The third-order valence-electron chi connectivity index (χ3n) is 2.60. The highest BCUT2D eigenvalue weighted by molar-refractivity contribution is 6.34. The number of hydrogen-bond donors (Lipinski definition) is 2. The first-order chi connectivity index (χ1) is 9.97. The molecule has 0 bridgehead atoms. The molecule has 0 radical (unpaired) electrons. The minimum atomic E-state index is -1.00. The number of carbonyl (C=O) groups is 2. The van der Waals surface area contributed by atoms with E-state index in [0.717, 1.165) is 6.07 Å². The zero-order chi connectivity index (χ0) is 15.4. The van der Waals surface area contributed by atoms with Crippen molar-refractivity contribution in [3.8, 4) is 0 Å². The van der Waals surface area contributed by atoms with Crippen LogP contribution in [0.3, 0.4) is 0 Å². The van der Waals surface area contributed by atoms with E-state index in [0.29, 0.717) is 11.4 Å². The first-order valence-electron chi connectivity index (χ1n) is 5.89. The Bertz CT molecular complexity index is 669. The molecule has 0 aliphatic rings. The van der Waals surface area contributed by atoms with E-state index in [2.05, 4.69) is 10.3 Å². The van der Waals surface area contributed by atoms with Gasteiger partial charge in [-0.15, -0.1) is 0 Å². The molecule has 1 aromatic carbocycles. The van der Waals surface area contributed by atoms with E-state index in [1.165, 1.54) is 30.5 Å². The topological polar surface area (TPSA) is 79.3 Å². The molecule has 0 saturated carbocycles. The Morgan fingerprint density at radius 3 is 2.62 bits per heavy atom. The lowest BCUT2D eigenvalue weighted by Gasteiger charge is -2.07. The number of rotatable bonds is 4. The van der Waals surface area contributed by atoms with Gasteiger partial charge in [-0.3, -0.25) is 14.6 Å². The molecule has 21 heavy (non-hydrogen) atoms. The zero-order valence-corrected chi connectivity index (χ0v) is 11.4. The average Bonchev–Trinajstić information content (AvgIpc) is 2.40. The lowest BCUT2D eigenvalue weighted by atomic mass is 10.2. The minimum Gasteiger partial charge on any atom is -0.481 e. The van der Waals surface area contributed by atoms with Gasteiger partial charge >= 0.3 is 5.97 Å². The van der Waals surface area contributed by atoms with Crippen molar-refractivity contribution >= 4 is 29.2 Å². The van der Waals surface area contributed by atoms with Gasteiger partial charge in [-0.2, -0.15) is 0 Å².